The van der Waals surface area contributed by atoms with E-state index in [2.05, 4.69) is 0 Å². The zero-order chi connectivity index (χ0) is 33.3. The summed E-state index contributed by atoms with van der Waals surface area (Å²) in [6, 6.07) is 8.21. The van der Waals surface area contributed by atoms with Crippen LogP contribution in [0.4, 0.5) is 59.7 Å². The minimum Gasteiger partial charge on any atom is -0.375 e. The number of rotatable bonds is 7. The predicted octanol–water partition coefficient (Wildman–Crippen LogP) is 7.21. The summed E-state index contributed by atoms with van der Waals surface area (Å²) < 4.78 is 155. The van der Waals surface area contributed by atoms with Crippen molar-refractivity contribution in [3.8, 4) is 0 Å². The summed E-state index contributed by atoms with van der Waals surface area (Å²) in [6.07, 6.45) is -19.2. The Hall–Kier alpha value is -4.54. The molecule has 0 atom stereocenters. The smallest absolute Gasteiger partial charge is 0.375 e. The molecule has 0 bridgehead atoms. The van der Waals surface area contributed by atoms with Crippen molar-refractivity contribution in [3.05, 3.63) is 94.8 Å². The van der Waals surface area contributed by atoms with E-state index < -0.39 is 88.5 Å². The first-order valence-corrected chi connectivity index (χ1v) is 11.8. The van der Waals surface area contributed by atoms with Gasteiger partial charge in [0.05, 0.1) is 22.5 Å². The minimum absolute atomic E-state index is 0.0725. The molecule has 3 aromatic carbocycles. The standard InChI is InChI=1S/C27H17F11N2O4/c1-44-13-20(41)40(23(43)14-6-3-2-4-7-14)19-9-5-8-16(21(19)28)22(42)39-18-11-10-15(12-17(18)25(30,31)32)24(29,26(33,34)35)27(36,37)38/h2-12H,13H2,1H3,(H,39,42). The van der Waals surface area contributed by atoms with E-state index in [1.165, 1.54) is 35.6 Å². The van der Waals surface area contributed by atoms with Gasteiger partial charge in [0.1, 0.15) is 6.61 Å². The van der Waals surface area contributed by atoms with Crippen LogP contribution in [0.3, 0.4) is 0 Å². The zero-order valence-electron chi connectivity index (χ0n) is 21.8. The van der Waals surface area contributed by atoms with Crippen LogP contribution in [-0.2, 0) is 21.4 Å². The van der Waals surface area contributed by atoms with Crippen LogP contribution >= 0.6 is 0 Å². The second-order valence-corrected chi connectivity index (χ2v) is 8.84. The molecule has 6 nitrogen and oxygen atoms in total. The van der Waals surface area contributed by atoms with Gasteiger partial charge in [-0.2, -0.15) is 39.5 Å². The number of amides is 3. The Labute approximate surface area is 240 Å². The molecule has 0 spiro atoms. The van der Waals surface area contributed by atoms with Crippen molar-refractivity contribution in [1.82, 2.24) is 0 Å². The fourth-order valence-corrected chi connectivity index (χ4v) is 3.90. The molecule has 0 aliphatic heterocycles. The molecule has 3 rings (SSSR count). The van der Waals surface area contributed by atoms with E-state index in [4.69, 9.17) is 4.74 Å². The molecule has 17 heteroatoms. The van der Waals surface area contributed by atoms with Gasteiger partial charge in [-0.1, -0.05) is 30.3 Å². The average molecular weight is 642 g/mol. The Kier molecular flexibility index (Phi) is 9.43. The number of carbonyl (C=O) groups excluding carboxylic acids is 3. The number of alkyl halides is 10. The number of carbonyl (C=O) groups is 3. The zero-order valence-corrected chi connectivity index (χ0v) is 21.8. The van der Waals surface area contributed by atoms with Crippen molar-refractivity contribution < 1.29 is 67.4 Å². The number of anilines is 2. The van der Waals surface area contributed by atoms with Gasteiger partial charge in [0.15, 0.2) is 5.82 Å². The SMILES string of the molecule is COCC(=O)N(C(=O)c1ccccc1)c1cccc(C(=O)Nc2ccc(C(F)(C(F)(F)F)C(F)(F)F)cc2C(F)(F)F)c1F. The second-order valence-electron chi connectivity index (χ2n) is 8.84. The van der Waals surface area contributed by atoms with Crippen LogP contribution in [0.15, 0.2) is 66.7 Å². The number of nitrogens with one attached hydrogen (secondary N) is 1. The summed E-state index contributed by atoms with van der Waals surface area (Å²) in [5.41, 5.74) is -14.6. The van der Waals surface area contributed by atoms with Crippen molar-refractivity contribution in [2.24, 2.45) is 0 Å². The van der Waals surface area contributed by atoms with Crippen LogP contribution in [0.2, 0.25) is 0 Å². The van der Waals surface area contributed by atoms with Gasteiger partial charge < -0.3 is 10.1 Å². The summed E-state index contributed by atoms with van der Waals surface area (Å²) >= 11 is 0. The molecule has 0 fully saturated rings. The van der Waals surface area contributed by atoms with Gasteiger partial charge in [-0.3, -0.25) is 14.4 Å². The summed E-state index contributed by atoms with van der Waals surface area (Å²) in [5.74, 6) is -5.58. The quantitative estimate of drug-likeness (QED) is 0.277. The van der Waals surface area contributed by atoms with E-state index in [-0.39, 0.29) is 22.6 Å². The summed E-state index contributed by atoms with van der Waals surface area (Å²) in [7, 11) is 1.07. The van der Waals surface area contributed by atoms with Crippen LogP contribution in [0.25, 0.3) is 0 Å². The Morgan fingerprint density at radius 2 is 1.39 bits per heavy atom. The van der Waals surface area contributed by atoms with Crippen molar-refractivity contribution in [3.63, 3.8) is 0 Å². The maximum Gasteiger partial charge on any atom is 0.435 e. The lowest BCUT2D eigenvalue weighted by atomic mass is 9.92. The topological polar surface area (TPSA) is 75.7 Å². The number of hydrogen-bond acceptors (Lipinski definition) is 4. The number of methoxy groups -OCH3 is 1. The normalized spacial score (nSPS) is 12.5. The van der Waals surface area contributed by atoms with Crippen LogP contribution in [0, 0.1) is 5.82 Å². The molecule has 0 unspecified atom stereocenters. The molecule has 3 amide bonds. The molecule has 236 valence electrons. The van der Waals surface area contributed by atoms with Crippen molar-refractivity contribution in [2.75, 3.05) is 23.9 Å². The van der Waals surface area contributed by atoms with E-state index >= 15 is 4.39 Å². The first kappa shape index (κ1) is 34.0. The number of halogens is 11. The molecule has 1 N–H and O–H groups in total. The van der Waals surface area contributed by atoms with Crippen LogP contribution in [-0.4, -0.2) is 43.8 Å². The fraction of sp³-hybridized carbons (Fsp3) is 0.222. The fourth-order valence-electron chi connectivity index (χ4n) is 3.90. The van der Waals surface area contributed by atoms with Gasteiger partial charge in [-0.05, 0) is 36.4 Å². The maximum atomic E-state index is 15.6. The Morgan fingerprint density at radius 3 is 1.91 bits per heavy atom. The molecule has 0 aliphatic rings. The van der Waals surface area contributed by atoms with E-state index in [9.17, 15) is 58.3 Å². The van der Waals surface area contributed by atoms with Gasteiger partial charge in [0.25, 0.3) is 17.7 Å². The highest BCUT2D eigenvalue weighted by Gasteiger charge is 2.73. The molecule has 0 heterocycles. The van der Waals surface area contributed by atoms with Gasteiger partial charge in [-0.15, -0.1) is 0 Å². The molecule has 0 saturated heterocycles. The van der Waals surface area contributed by atoms with Crippen LogP contribution < -0.4 is 10.2 Å². The van der Waals surface area contributed by atoms with Crippen LogP contribution in [0.5, 0.6) is 0 Å². The Balaban J connectivity index is 2.10. The predicted molar refractivity (Wildman–Crippen MR) is 131 cm³/mol. The lowest BCUT2D eigenvalue weighted by molar-refractivity contribution is -0.348. The minimum atomic E-state index is -6.73. The Morgan fingerprint density at radius 1 is 0.795 bits per heavy atom. The number of nitrogens with zero attached hydrogens (tertiary/aromatic N) is 1. The third kappa shape index (κ3) is 6.51. The van der Waals surface area contributed by atoms with E-state index in [1.54, 1.807) is 0 Å². The Bertz CT molecular complexity index is 1540. The highest BCUT2D eigenvalue weighted by atomic mass is 19.4. The number of benzene rings is 3. The highest BCUT2D eigenvalue weighted by molar-refractivity contribution is 6.22. The lowest BCUT2D eigenvalue weighted by Gasteiger charge is -2.31. The van der Waals surface area contributed by atoms with Crippen molar-refractivity contribution in [1.29, 1.82) is 0 Å². The summed E-state index contributed by atoms with van der Waals surface area (Å²) in [4.78, 5) is 38.9. The molecule has 0 saturated carbocycles. The molecule has 0 aromatic heterocycles. The lowest BCUT2D eigenvalue weighted by Crippen LogP contribution is -2.50. The first-order chi connectivity index (χ1) is 20.3. The maximum absolute atomic E-state index is 15.6. The van der Waals surface area contributed by atoms with E-state index in [0.717, 1.165) is 19.2 Å². The summed E-state index contributed by atoms with van der Waals surface area (Å²) in [5, 5.41) is 1.51. The number of hydrogen-bond donors (Lipinski definition) is 1. The number of imide groups is 1. The van der Waals surface area contributed by atoms with E-state index in [1.807, 2.05) is 0 Å². The first-order valence-electron chi connectivity index (χ1n) is 11.8. The molecule has 44 heavy (non-hydrogen) atoms. The average Bonchev–Trinajstić information content (AvgIpc) is 2.92. The van der Waals surface area contributed by atoms with Gasteiger partial charge >= 0.3 is 24.2 Å². The summed E-state index contributed by atoms with van der Waals surface area (Å²) in [6.45, 7) is -0.762. The van der Waals surface area contributed by atoms with Crippen LogP contribution in [0.1, 0.15) is 31.8 Å². The van der Waals surface area contributed by atoms with Gasteiger partial charge in [0.2, 0.25) is 0 Å². The van der Waals surface area contributed by atoms with Crippen molar-refractivity contribution >= 4 is 29.1 Å². The highest BCUT2D eigenvalue weighted by Crippen LogP contribution is 2.54. The largest absolute Gasteiger partial charge is 0.435 e. The van der Waals surface area contributed by atoms with Gasteiger partial charge in [-0.25, -0.2) is 13.7 Å². The third-order valence-corrected chi connectivity index (χ3v) is 5.96. The number of ether oxygens (including phenoxy) is 1. The molecule has 0 radical (unpaired) electrons. The van der Waals surface area contributed by atoms with Crippen molar-refractivity contribution in [2.45, 2.75) is 24.2 Å². The van der Waals surface area contributed by atoms with Gasteiger partial charge in [0, 0.05) is 18.2 Å². The second kappa shape index (κ2) is 12.2. The molecular weight excluding hydrogens is 625 g/mol. The molecular formula is C27H17F11N2O4. The third-order valence-electron chi connectivity index (χ3n) is 5.96. The molecule has 3 aromatic rings. The molecule has 0 aliphatic carbocycles. The monoisotopic (exact) mass is 642 g/mol. The van der Waals surface area contributed by atoms with E-state index in [0.29, 0.717) is 6.07 Å².